The highest BCUT2D eigenvalue weighted by atomic mass is 14.9. The molecule has 1 N–H and O–H groups in total. The summed E-state index contributed by atoms with van der Waals surface area (Å²) in [6.07, 6.45) is 7.25. The van der Waals surface area contributed by atoms with Gasteiger partial charge in [-0.05, 0) is 39.8 Å². The highest BCUT2D eigenvalue weighted by molar-refractivity contribution is 5.86. The fourth-order valence-corrected chi connectivity index (χ4v) is 2.00. The molecule has 1 aromatic heterocycles. The minimum absolute atomic E-state index is 0.189. The van der Waals surface area contributed by atoms with Crippen LogP contribution in [0.2, 0.25) is 0 Å². The summed E-state index contributed by atoms with van der Waals surface area (Å²) in [6, 6.07) is 10.4. The van der Waals surface area contributed by atoms with E-state index in [0.29, 0.717) is 0 Å². The molecule has 2 rings (SSSR count). The van der Waals surface area contributed by atoms with Crippen LogP contribution in [0.5, 0.6) is 0 Å². The van der Waals surface area contributed by atoms with Crippen molar-refractivity contribution in [2.75, 3.05) is 6.54 Å². The molecule has 0 aliphatic carbocycles. The van der Waals surface area contributed by atoms with Gasteiger partial charge in [-0.25, -0.2) is 0 Å². The zero-order valence-corrected chi connectivity index (χ0v) is 12.0. The summed E-state index contributed by atoms with van der Waals surface area (Å²) < 4.78 is 0. The zero-order chi connectivity index (χ0) is 13.7. The summed E-state index contributed by atoms with van der Waals surface area (Å²) in [5, 5.41) is 4.67. The summed E-state index contributed by atoms with van der Waals surface area (Å²) in [6.45, 7) is 7.56. The van der Waals surface area contributed by atoms with Crippen LogP contribution in [-0.2, 0) is 0 Å². The van der Waals surface area contributed by atoms with Gasteiger partial charge in [0.25, 0.3) is 0 Å². The Labute approximate surface area is 115 Å². The van der Waals surface area contributed by atoms with Gasteiger partial charge in [-0.15, -0.1) is 0 Å². The second-order valence-corrected chi connectivity index (χ2v) is 5.79. The van der Waals surface area contributed by atoms with Crippen molar-refractivity contribution in [3.05, 3.63) is 48.2 Å². The first-order valence-corrected chi connectivity index (χ1v) is 6.81. The van der Waals surface area contributed by atoms with E-state index in [-0.39, 0.29) is 5.54 Å². The van der Waals surface area contributed by atoms with E-state index in [9.17, 15) is 0 Å². The van der Waals surface area contributed by atoms with Gasteiger partial charge in [0.2, 0.25) is 0 Å². The third-order valence-corrected chi connectivity index (χ3v) is 2.93. The summed E-state index contributed by atoms with van der Waals surface area (Å²) >= 11 is 0. The van der Waals surface area contributed by atoms with Gasteiger partial charge in [-0.2, -0.15) is 0 Å². The van der Waals surface area contributed by atoms with E-state index in [1.54, 1.807) is 0 Å². The van der Waals surface area contributed by atoms with Gasteiger partial charge in [-0.3, -0.25) is 4.98 Å². The Bertz CT molecular complexity index is 559. The van der Waals surface area contributed by atoms with E-state index >= 15 is 0 Å². The van der Waals surface area contributed by atoms with Gasteiger partial charge in [0, 0.05) is 22.7 Å². The minimum Gasteiger partial charge on any atom is -0.312 e. The largest absolute Gasteiger partial charge is 0.312 e. The van der Waals surface area contributed by atoms with Crippen molar-refractivity contribution in [2.24, 2.45) is 0 Å². The van der Waals surface area contributed by atoms with Crippen LogP contribution in [0, 0.1) is 0 Å². The van der Waals surface area contributed by atoms with E-state index in [1.165, 1.54) is 10.9 Å². The second kappa shape index (κ2) is 5.98. The minimum atomic E-state index is 0.189. The zero-order valence-electron chi connectivity index (χ0n) is 12.0. The summed E-state index contributed by atoms with van der Waals surface area (Å²) in [5.41, 5.74) is 2.45. The van der Waals surface area contributed by atoms with Gasteiger partial charge in [0.1, 0.15) is 0 Å². The van der Waals surface area contributed by atoms with E-state index in [1.807, 2.05) is 12.3 Å². The van der Waals surface area contributed by atoms with Crippen molar-refractivity contribution >= 4 is 17.0 Å². The molecule has 0 atom stereocenters. The summed E-state index contributed by atoms with van der Waals surface area (Å²) in [4.78, 5) is 4.45. The molecule has 2 heteroatoms. The first-order chi connectivity index (χ1) is 9.06. The normalized spacial score (nSPS) is 12.4. The van der Waals surface area contributed by atoms with Crippen LogP contribution in [0.3, 0.4) is 0 Å². The molecule has 0 saturated heterocycles. The summed E-state index contributed by atoms with van der Waals surface area (Å²) in [7, 11) is 0. The van der Waals surface area contributed by atoms with E-state index in [4.69, 9.17) is 0 Å². The van der Waals surface area contributed by atoms with Crippen molar-refractivity contribution in [3.63, 3.8) is 0 Å². The average molecular weight is 254 g/mol. The Morgan fingerprint density at radius 1 is 1.16 bits per heavy atom. The van der Waals surface area contributed by atoms with Crippen LogP contribution in [0.1, 0.15) is 32.8 Å². The van der Waals surface area contributed by atoms with Crippen LogP contribution in [0.15, 0.2) is 42.6 Å². The molecule has 100 valence electrons. The lowest BCUT2D eigenvalue weighted by molar-refractivity contribution is 0.431. The number of pyridine rings is 1. The molecule has 0 bridgehead atoms. The summed E-state index contributed by atoms with van der Waals surface area (Å²) in [5.74, 6) is 0. The quantitative estimate of drug-likeness (QED) is 0.833. The fraction of sp³-hybridized carbons (Fsp3) is 0.353. The van der Waals surface area contributed by atoms with Gasteiger partial charge in [-0.1, -0.05) is 36.4 Å². The molecule has 1 heterocycles. The monoisotopic (exact) mass is 254 g/mol. The number of benzene rings is 1. The number of nitrogens with one attached hydrogen (secondary N) is 1. The Hall–Kier alpha value is -1.67. The van der Waals surface area contributed by atoms with E-state index in [0.717, 1.165) is 18.5 Å². The van der Waals surface area contributed by atoms with Crippen molar-refractivity contribution in [2.45, 2.75) is 32.7 Å². The third-order valence-electron chi connectivity index (χ3n) is 2.93. The molecule has 1 aromatic carbocycles. The van der Waals surface area contributed by atoms with Crippen molar-refractivity contribution < 1.29 is 0 Å². The number of hydrogen-bond acceptors (Lipinski definition) is 2. The Kier molecular flexibility index (Phi) is 4.33. The number of rotatable bonds is 4. The third kappa shape index (κ3) is 4.18. The van der Waals surface area contributed by atoms with Gasteiger partial charge in [0.15, 0.2) is 0 Å². The Balaban J connectivity index is 2.01. The SMILES string of the molecule is CC(C)(C)NCC/C=C/c1cccc2cccnc12. The molecule has 0 saturated carbocycles. The predicted molar refractivity (Wildman–Crippen MR) is 83.1 cm³/mol. The molecular formula is C17H22N2. The highest BCUT2D eigenvalue weighted by Crippen LogP contribution is 2.17. The molecule has 19 heavy (non-hydrogen) atoms. The Morgan fingerprint density at radius 3 is 2.74 bits per heavy atom. The lowest BCUT2D eigenvalue weighted by Crippen LogP contribution is -2.36. The molecule has 0 amide bonds. The van der Waals surface area contributed by atoms with Crippen LogP contribution < -0.4 is 5.32 Å². The smallest absolute Gasteiger partial charge is 0.0774 e. The molecule has 2 aromatic rings. The Morgan fingerprint density at radius 2 is 1.95 bits per heavy atom. The second-order valence-electron chi connectivity index (χ2n) is 5.79. The topological polar surface area (TPSA) is 24.9 Å². The standard InChI is InChI=1S/C17H22N2/c1-17(2,3)19-13-5-4-8-14-9-6-10-15-11-7-12-18-16(14)15/h4,6-12,19H,5,13H2,1-3H3/b8-4+. The maximum atomic E-state index is 4.45. The number of hydrogen-bond donors (Lipinski definition) is 1. The van der Waals surface area contributed by atoms with E-state index < -0.39 is 0 Å². The number of para-hydroxylation sites is 1. The molecule has 0 aliphatic heterocycles. The number of nitrogens with zero attached hydrogens (tertiary/aromatic N) is 1. The maximum Gasteiger partial charge on any atom is 0.0774 e. The average Bonchev–Trinajstić information content (AvgIpc) is 2.37. The lowest BCUT2D eigenvalue weighted by atomic mass is 10.1. The van der Waals surface area contributed by atoms with Crippen LogP contribution >= 0.6 is 0 Å². The molecule has 0 spiro atoms. The van der Waals surface area contributed by atoms with Gasteiger partial charge in [0.05, 0.1) is 5.52 Å². The number of aromatic nitrogens is 1. The van der Waals surface area contributed by atoms with Crippen molar-refractivity contribution in [3.8, 4) is 0 Å². The van der Waals surface area contributed by atoms with Crippen molar-refractivity contribution in [1.82, 2.24) is 10.3 Å². The molecule has 2 nitrogen and oxygen atoms in total. The fourth-order valence-electron chi connectivity index (χ4n) is 2.00. The molecular weight excluding hydrogens is 232 g/mol. The molecule has 0 aliphatic rings. The van der Waals surface area contributed by atoms with Crippen LogP contribution in [0.4, 0.5) is 0 Å². The van der Waals surface area contributed by atoms with E-state index in [2.05, 4.69) is 67.5 Å². The van der Waals surface area contributed by atoms with Gasteiger partial charge < -0.3 is 5.32 Å². The molecule has 0 radical (unpaired) electrons. The molecule has 0 unspecified atom stereocenters. The first kappa shape index (κ1) is 13.8. The van der Waals surface area contributed by atoms with Crippen molar-refractivity contribution in [1.29, 1.82) is 0 Å². The lowest BCUT2D eigenvalue weighted by Gasteiger charge is -2.19. The first-order valence-electron chi connectivity index (χ1n) is 6.81. The predicted octanol–water partition coefficient (Wildman–Crippen LogP) is 4.03. The van der Waals surface area contributed by atoms with Gasteiger partial charge >= 0.3 is 0 Å². The van der Waals surface area contributed by atoms with Crippen LogP contribution in [-0.4, -0.2) is 17.1 Å². The number of fused-ring (bicyclic) bond motifs is 1. The highest BCUT2D eigenvalue weighted by Gasteiger charge is 2.06. The maximum absolute atomic E-state index is 4.45. The van der Waals surface area contributed by atoms with Crippen LogP contribution in [0.25, 0.3) is 17.0 Å². The molecule has 0 fully saturated rings.